The van der Waals surface area contributed by atoms with E-state index in [2.05, 4.69) is 4.83 Å². The fourth-order valence-electron chi connectivity index (χ4n) is 2.56. The van der Waals surface area contributed by atoms with Crippen LogP contribution in [0.1, 0.15) is 25.3 Å². The van der Waals surface area contributed by atoms with Gasteiger partial charge in [0.15, 0.2) is 0 Å². The Labute approximate surface area is 146 Å². The van der Waals surface area contributed by atoms with Crippen LogP contribution in [0.15, 0.2) is 34.2 Å². The molecular weight excluding hydrogens is 346 g/mol. The second-order valence-corrected chi connectivity index (χ2v) is 7.49. The van der Waals surface area contributed by atoms with Gasteiger partial charge in [-0.25, -0.2) is 8.42 Å². The molecule has 2 rings (SSSR count). The fourth-order valence-corrected chi connectivity index (χ4v) is 3.77. The zero-order valence-electron chi connectivity index (χ0n) is 14.3. The van der Waals surface area contributed by atoms with Crippen LogP contribution in [0.4, 0.5) is 0 Å². The van der Waals surface area contributed by atoms with Gasteiger partial charge in [0.1, 0.15) is 10.6 Å². The third-order valence-corrected chi connectivity index (χ3v) is 5.30. The second kappa shape index (κ2) is 7.24. The highest BCUT2D eigenvalue weighted by atomic mass is 32.2. The van der Waals surface area contributed by atoms with E-state index >= 15 is 0 Å². The standard InChI is InChI=1S/C16H21N3O5S/c1-10-4-5-14(13(8-10)24-3)25(22,23)18-19-7-6-11(2)12(16(19)21)9-15(17)20/h4-5,8,18H,6-7,9H2,1-3H3,(H2,17,20). The highest BCUT2D eigenvalue weighted by Gasteiger charge is 2.31. The van der Waals surface area contributed by atoms with Crippen molar-refractivity contribution in [3.63, 3.8) is 0 Å². The molecule has 0 bridgehead atoms. The van der Waals surface area contributed by atoms with Crippen molar-refractivity contribution in [2.75, 3.05) is 13.7 Å². The Morgan fingerprint density at radius 1 is 1.36 bits per heavy atom. The van der Waals surface area contributed by atoms with Crippen LogP contribution in [-0.4, -0.2) is 38.9 Å². The number of primary amides is 1. The highest BCUT2D eigenvalue weighted by molar-refractivity contribution is 7.89. The highest BCUT2D eigenvalue weighted by Crippen LogP contribution is 2.26. The SMILES string of the molecule is COc1cc(C)ccc1S(=O)(=O)NN1CCC(C)=C(CC(N)=O)C1=O. The quantitative estimate of drug-likeness (QED) is 0.764. The third-order valence-electron chi connectivity index (χ3n) is 3.92. The summed E-state index contributed by atoms with van der Waals surface area (Å²) in [5, 5.41) is 0.986. The summed E-state index contributed by atoms with van der Waals surface area (Å²) in [5.74, 6) is -1.04. The summed E-state index contributed by atoms with van der Waals surface area (Å²) in [7, 11) is -2.66. The van der Waals surface area contributed by atoms with Crippen LogP contribution in [-0.2, 0) is 19.6 Å². The van der Waals surface area contributed by atoms with Crippen molar-refractivity contribution in [1.82, 2.24) is 9.84 Å². The lowest BCUT2D eigenvalue weighted by Crippen LogP contribution is -2.49. The number of ether oxygens (including phenoxy) is 1. The number of methoxy groups -OCH3 is 1. The average Bonchev–Trinajstić information content (AvgIpc) is 2.53. The minimum absolute atomic E-state index is 0.0730. The normalized spacial score (nSPS) is 15.5. The van der Waals surface area contributed by atoms with E-state index in [9.17, 15) is 18.0 Å². The van der Waals surface area contributed by atoms with Gasteiger partial charge in [0, 0.05) is 12.1 Å². The number of nitrogens with one attached hydrogen (secondary N) is 1. The van der Waals surface area contributed by atoms with E-state index in [0.717, 1.165) is 16.1 Å². The van der Waals surface area contributed by atoms with Crippen LogP contribution < -0.4 is 15.3 Å². The first-order valence-electron chi connectivity index (χ1n) is 7.61. The number of hydrazine groups is 1. The molecule has 25 heavy (non-hydrogen) atoms. The number of benzene rings is 1. The van der Waals surface area contributed by atoms with Gasteiger partial charge in [0.05, 0.1) is 13.5 Å². The third kappa shape index (κ3) is 4.18. The minimum Gasteiger partial charge on any atom is -0.495 e. The summed E-state index contributed by atoms with van der Waals surface area (Å²) >= 11 is 0. The van der Waals surface area contributed by atoms with Crippen molar-refractivity contribution in [2.24, 2.45) is 5.73 Å². The van der Waals surface area contributed by atoms with Crippen molar-refractivity contribution in [3.8, 4) is 5.75 Å². The van der Waals surface area contributed by atoms with Crippen molar-refractivity contribution in [3.05, 3.63) is 34.9 Å². The second-order valence-electron chi connectivity index (χ2n) is 5.86. The summed E-state index contributed by atoms with van der Waals surface area (Å²) in [6.07, 6.45) is 0.221. The number of nitrogens with zero attached hydrogens (tertiary/aromatic N) is 1. The van der Waals surface area contributed by atoms with Crippen LogP contribution in [0, 0.1) is 6.92 Å². The van der Waals surface area contributed by atoms with E-state index in [0.29, 0.717) is 6.42 Å². The summed E-state index contributed by atoms with van der Waals surface area (Å²) in [4.78, 5) is 25.8. The zero-order valence-corrected chi connectivity index (χ0v) is 15.1. The van der Waals surface area contributed by atoms with Gasteiger partial charge < -0.3 is 10.5 Å². The number of rotatable bonds is 6. The Morgan fingerprint density at radius 3 is 2.64 bits per heavy atom. The van der Waals surface area contributed by atoms with Crippen molar-refractivity contribution in [2.45, 2.75) is 31.6 Å². The van der Waals surface area contributed by atoms with Gasteiger partial charge in [-0.2, -0.15) is 0 Å². The number of carbonyl (C=O) groups excluding carboxylic acids is 2. The number of amides is 2. The van der Waals surface area contributed by atoms with E-state index in [1.165, 1.54) is 13.2 Å². The number of nitrogens with two attached hydrogens (primary N) is 1. The summed E-state index contributed by atoms with van der Waals surface area (Å²) in [6.45, 7) is 3.70. The first kappa shape index (κ1) is 18.9. The van der Waals surface area contributed by atoms with Gasteiger partial charge in [0.25, 0.3) is 15.9 Å². The van der Waals surface area contributed by atoms with Crippen LogP contribution in [0.3, 0.4) is 0 Å². The molecule has 1 heterocycles. The molecule has 2 amide bonds. The zero-order chi connectivity index (χ0) is 18.8. The van der Waals surface area contributed by atoms with E-state index in [1.54, 1.807) is 19.1 Å². The molecule has 0 unspecified atom stereocenters. The Bertz CT molecular complexity index is 845. The predicted molar refractivity (Wildman–Crippen MR) is 90.9 cm³/mol. The predicted octanol–water partition coefficient (Wildman–Crippen LogP) is 0.621. The summed E-state index contributed by atoms with van der Waals surface area (Å²) in [5.41, 5.74) is 6.95. The number of hydrogen-bond donors (Lipinski definition) is 2. The Morgan fingerprint density at radius 2 is 2.04 bits per heavy atom. The Balaban J connectivity index is 2.30. The maximum absolute atomic E-state index is 12.7. The molecule has 0 radical (unpaired) electrons. The van der Waals surface area contributed by atoms with Crippen LogP contribution in [0.25, 0.3) is 0 Å². The number of hydrogen-bond acceptors (Lipinski definition) is 5. The topological polar surface area (TPSA) is 119 Å². The van der Waals surface area contributed by atoms with Crippen LogP contribution in [0.5, 0.6) is 5.75 Å². The average molecular weight is 367 g/mol. The molecule has 0 aliphatic carbocycles. The smallest absolute Gasteiger partial charge is 0.265 e. The van der Waals surface area contributed by atoms with Crippen molar-refractivity contribution >= 4 is 21.8 Å². The Kier molecular flexibility index (Phi) is 5.48. The molecule has 3 N–H and O–H groups in total. The lowest BCUT2D eigenvalue weighted by Gasteiger charge is -2.29. The van der Waals surface area contributed by atoms with Crippen molar-refractivity contribution in [1.29, 1.82) is 0 Å². The van der Waals surface area contributed by atoms with E-state index < -0.39 is 21.8 Å². The van der Waals surface area contributed by atoms with E-state index in [1.807, 2.05) is 6.92 Å². The lowest BCUT2D eigenvalue weighted by atomic mass is 9.99. The van der Waals surface area contributed by atoms with Gasteiger partial charge in [-0.15, -0.1) is 4.83 Å². The molecule has 0 saturated carbocycles. The van der Waals surface area contributed by atoms with Gasteiger partial charge >= 0.3 is 0 Å². The lowest BCUT2D eigenvalue weighted by molar-refractivity contribution is -0.130. The molecule has 8 nitrogen and oxygen atoms in total. The molecule has 0 fully saturated rings. The van der Waals surface area contributed by atoms with Gasteiger partial charge in [-0.3, -0.25) is 14.6 Å². The molecule has 0 spiro atoms. The van der Waals surface area contributed by atoms with Gasteiger partial charge in [0.2, 0.25) is 5.91 Å². The summed E-state index contributed by atoms with van der Waals surface area (Å²) in [6, 6.07) is 4.64. The monoisotopic (exact) mass is 367 g/mol. The van der Waals surface area contributed by atoms with E-state index in [4.69, 9.17) is 10.5 Å². The number of aryl methyl sites for hydroxylation is 1. The molecule has 1 aromatic carbocycles. The first-order chi connectivity index (χ1) is 11.7. The maximum atomic E-state index is 12.7. The molecule has 9 heteroatoms. The molecule has 136 valence electrons. The molecule has 1 aliphatic heterocycles. The maximum Gasteiger partial charge on any atom is 0.265 e. The number of sulfonamides is 1. The molecule has 0 aromatic heterocycles. The molecular formula is C16H21N3O5S. The minimum atomic E-state index is -4.03. The number of carbonyl (C=O) groups is 2. The van der Waals surface area contributed by atoms with Gasteiger partial charge in [-0.1, -0.05) is 11.6 Å². The van der Waals surface area contributed by atoms with E-state index in [-0.39, 0.29) is 29.2 Å². The fraction of sp³-hybridized carbons (Fsp3) is 0.375. The summed E-state index contributed by atoms with van der Waals surface area (Å²) < 4.78 is 30.4. The van der Waals surface area contributed by atoms with Gasteiger partial charge in [-0.05, 0) is 38.0 Å². The molecule has 1 aliphatic rings. The first-order valence-corrected chi connectivity index (χ1v) is 9.10. The van der Waals surface area contributed by atoms with Crippen molar-refractivity contribution < 1.29 is 22.7 Å². The van der Waals surface area contributed by atoms with Crippen LogP contribution in [0.2, 0.25) is 0 Å². The Hall–Kier alpha value is -2.39. The molecule has 0 atom stereocenters. The molecule has 0 saturated heterocycles. The molecule has 1 aromatic rings. The largest absolute Gasteiger partial charge is 0.495 e. The van der Waals surface area contributed by atoms with Crippen LogP contribution >= 0.6 is 0 Å².